The van der Waals surface area contributed by atoms with Crippen molar-refractivity contribution < 1.29 is 0 Å². The lowest BCUT2D eigenvalue weighted by Crippen LogP contribution is -1.89. The molecule has 0 aliphatic carbocycles. The average molecular weight is 233 g/mol. The number of thioether (sulfide) groups is 1. The molecule has 0 aliphatic heterocycles. The molecule has 1 rings (SSSR count). The normalized spacial score (nSPS) is 12.0. The smallest absolute Gasteiger partial charge is 0.0894 e. The van der Waals surface area contributed by atoms with E-state index in [-0.39, 0.29) is 0 Å². The van der Waals surface area contributed by atoms with Gasteiger partial charge in [0.1, 0.15) is 0 Å². The first-order valence-corrected chi connectivity index (χ1v) is 6.27. The van der Waals surface area contributed by atoms with Crippen LogP contribution in [0.25, 0.3) is 5.70 Å². The van der Waals surface area contributed by atoms with E-state index >= 15 is 0 Å². The molecule has 16 heavy (non-hydrogen) atoms. The highest BCUT2D eigenvalue weighted by Gasteiger charge is 1.98. The minimum atomic E-state index is 0.744. The second-order valence-corrected chi connectivity index (χ2v) is 3.96. The van der Waals surface area contributed by atoms with Gasteiger partial charge in [-0.15, -0.1) is 11.8 Å². The van der Waals surface area contributed by atoms with E-state index in [0.717, 1.165) is 23.0 Å². The van der Waals surface area contributed by atoms with Crippen molar-refractivity contribution >= 4 is 30.4 Å². The number of aryl methyl sites for hydroxylation is 1. The highest BCUT2D eigenvalue weighted by molar-refractivity contribution is 7.98. The quantitative estimate of drug-likeness (QED) is 0.733. The zero-order chi connectivity index (χ0) is 11.8. The fourth-order valence-electron chi connectivity index (χ4n) is 1.15. The van der Waals surface area contributed by atoms with Gasteiger partial charge in [-0.2, -0.15) is 0 Å². The number of aromatic nitrogens is 1. The molecule has 1 heterocycles. The molecule has 0 bridgehead atoms. The maximum Gasteiger partial charge on any atom is 0.0894 e. The molecule has 0 radical (unpaired) electrons. The molecule has 0 saturated heterocycles. The summed E-state index contributed by atoms with van der Waals surface area (Å²) in [6.07, 6.45) is 5.57. The van der Waals surface area contributed by atoms with Crippen LogP contribution in [0.15, 0.2) is 34.3 Å². The van der Waals surface area contributed by atoms with Crippen molar-refractivity contribution in [3.05, 3.63) is 35.7 Å². The average Bonchev–Trinajstić information content (AvgIpc) is 2.29. The molecule has 0 atom stereocenters. The molecule has 0 aliphatic rings. The number of hydrogen-bond donors (Lipinski definition) is 0. The molecular weight excluding hydrogens is 218 g/mol. The van der Waals surface area contributed by atoms with Gasteiger partial charge in [0.2, 0.25) is 0 Å². The predicted octanol–water partition coefficient (Wildman–Crippen LogP) is 2.82. The zero-order valence-electron chi connectivity index (χ0n) is 9.55. The summed E-state index contributed by atoms with van der Waals surface area (Å²) in [5, 5.41) is 0. The van der Waals surface area contributed by atoms with Crippen LogP contribution in [-0.4, -0.2) is 30.0 Å². The zero-order valence-corrected chi connectivity index (χ0v) is 10.4. The van der Waals surface area contributed by atoms with Crippen molar-refractivity contribution in [3.8, 4) is 0 Å². The minimum absolute atomic E-state index is 0.744. The van der Waals surface area contributed by atoms with Crippen molar-refractivity contribution in [2.24, 2.45) is 9.98 Å². The van der Waals surface area contributed by atoms with Crippen molar-refractivity contribution in [1.82, 2.24) is 4.98 Å². The van der Waals surface area contributed by atoms with Crippen molar-refractivity contribution in [3.63, 3.8) is 0 Å². The Balaban J connectivity index is 2.85. The molecule has 0 spiro atoms. The van der Waals surface area contributed by atoms with Crippen LogP contribution >= 0.6 is 11.8 Å². The predicted molar refractivity (Wildman–Crippen MR) is 73.4 cm³/mol. The Hall–Kier alpha value is -1.42. The largest absolute Gasteiger partial charge is 0.282 e. The van der Waals surface area contributed by atoms with Gasteiger partial charge in [-0.25, -0.2) is 0 Å². The highest BCUT2D eigenvalue weighted by atomic mass is 32.2. The van der Waals surface area contributed by atoms with E-state index in [1.165, 1.54) is 0 Å². The first-order valence-electron chi connectivity index (χ1n) is 4.87. The summed E-state index contributed by atoms with van der Waals surface area (Å²) in [5.74, 6) is 0.752. The highest BCUT2D eigenvalue weighted by Crippen LogP contribution is 2.12. The van der Waals surface area contributed by atoms with Crippen LogP contribution < -0.4 is 0 Å². The summed E-state index contributed by atoms with van der Waals surface area (Å²) in [4.78, 5) is 12.5. The summed E-state index contributed by atoms with van der Waals surface area (Å²) in [6.45, 7) is 5.49. The summed E-state index contributed by atoms with van der Waals surface area (Å²) < 4.78 is 0. The van der Waals surface area contributed by atoms with Crippen LogP contribution in [-0.2, 0) is 0 Å². The van der Waals surface area contributed by atoms with E-state index in [1.807, 2.05) is 37.5 Å². The third-order valence-corrected chi connectivity index (χ3v) is 2.27. The Morgan fingerprint density at radius 1 is 1.56 bits per heavy atom. The van der Waals surface area contributed by atoms with Gasteiger partial charge in [0, 0.05) is 11.9 Å². The van der Waals surface area contributed by atoms with Gasteiger partial charge < -0.3 is 0 Å². The molecular formula is C12H15N3S. The Bertz CT molecular complexity index is 410. The molecule has 0 unspecified atom stereocenters. The summed E-state index contributed by atoms with van der Waals surface area (Å²) in [6, 6.07) is 5.82. The second-order valence-electron chi connectivity index (χ2n) is 3.12. The monoisotopic (exact) mass is 233 g/mol. The van der Waals surface area contributed by atoms with Gasteiger partial charge in [0.15, 0.2) is 0 Å². The fourth-order valence-corrected chi connectivity index (χ4v) is 1.38. The lowest BCUT2D eigenvalue weighted by Gasteiger charge is -2.00. The van der Waals surface area contributed by atoms with E-state index in [4.69, 9.17) is 0 Å². The van der Waals surface area contributed by atoms with Crippen LogP contribution in [0.4, 0.5) is 0 Å². The van der Waals surface area contributed by atoms with Gasteiger partial charge in [0.25, 0.3) is 0 Å². The van der Waals surface area contributed by atoms with Gasteiger partial charge in [-0.3, -0.25) is 15.0 Å². The summed E-state index contributed by atoms with van der Waals surface area (Å²) in [5.41, 5.74) is 2.53. The molecule has 3 nitrogen and oxygen atoms in total. The standard InChI is InChI=1S/C12H15N3S/c1-10-5-4-6-12(15-10)11(13-2)7-8-14-9-16-3/h4-8H,2,9H2,1,3H3/b11-7-,14-8?. The number of aliphatic imine (C=N–C) groups is 2. The maximum absolute atomic E-state index is 4.37. The van der Waals surface area contributed by atoms with Gasteiger partial charge in [-0.1, -0.05) is 6.07 Å². The lowest BCUT2D eigenvalue weighted by atomic mass is 10.2. The Morgan fingerprint density at radius 3 is 3.00 bits per heavy atom. The lowest BCUT2D eigenvalue weighted by molar-refractivity contribution is 1.16. The molecule has 84 valence electrons. The van der Waals surface area contributed by atoms with E-state index in [1.54, 1.807) is 18.0 Å². The molecule has 1 aromatic heterocycles. The van der Waals surface area contributed by atoms with Crippen molar-refractivity contribution in [2.45, 2.75) is 6.92 Å². The summed E-state index contributed by atoms with van der Waals surface area (Å²) >= 11 is 1.67. The molecule has 0 fully saturated rings. The third-order valence-electron chi connectivity index (χ3n) is 1.86. The van der Waals surface area contributed by atoms with Crippen LogP contribution in [0.5, 0.6) is 0 Å². The fraction of sp³-hybridized carbons (Fsp3) is 0.250. The van der Waals surface area contributed by atoms with Gasteiger partial charge in [0.05, 0.1) is 17.3 Å². The number of hydrogen-bond acceptors (Lipinski definition) is 4. The molecule has 0 saturated carbocycles. The van der Waals surface area contributed by atoms with E-state index in [2.05, 4.69) is 21.7 Å². The van der Waals surface area contributed by atoms with Gasteiger partial charge >= 0.3 is 0 Å². The topological polar surface area (TPSA) is 37.6 Å². The number of allylic oxidation sites excluding steroid dienone is 1. The van der Waals surface area contributed by atoms with Crippen LogP contribution in [0.2, 0.25) is 0 Å². The van der Waals surface area contributed by atoms with E-state index in [9.17, 15) is 0 Å². The van der Waals surface area contributed by atoms with Crippen molar-refractivity contribution in [2.75, 3.05) is 12.1 Å². The van der Waals surface area contributed by atoms with Crippen LogP contribution in [0.3, 0.4) is 0 Å². The molecule has 0 amide bonds. The Kier molecular flexibility index (Phi) is 5.50. The molecule has 4 heteroatoms. The summed E-state index contributed by atoms with van der Waals surface area (Å²) in [7, 11) is 0. The third kappa shape index (κ3) is 3.98. The first kappa shape index (κ1) is 12.6. The van der Waals surface area contributed by atoms with E-state index < -0.39 is 0 Å². The molecule has 0 aromatic carbocycles. The minimum Gasteiger partial charge on any atom is -0.282 e. The van der Waals surface area contributed by atoms with E-state index in [0.29, 0.717) is 0 Å². The number of pyridine rings is 1. The number of nitrogens with zero attached hydrogens (tertiary/aromatic N) is 3. The number of rotatable bonds is 5. The van der Waals surface area contributed by atoms with Crippen LogP contribution in [0, 0.1) is 6.92 Å². The SMILES string of the molecule is C=N/C(=C\C=NCSC)c1cccc(C)n1. The molecule has 1 aromatic rings. The Labute approximate surface area is 100 Å². The van der Waals surface area contributed by atoms with Crippen molar-refractivity contribution in [1.29, 1.82) is 0 Å². The Morgan fingerprint density at radius 2 is 2.38 bits per heavy atom. The van der Waals surface area contributed by atoms with Gasteiger partial charge in [-0.05, 0) is 38.1 Å². The second kappa shape index (κ2) is 6.95. The maximum atomic E-state index is 4.37. The first-order chi connectivity index (χ1) is 7.77. The van der Waals surface area contributed by atoms with Crippen LogP contribution in [0.1, 0.15) is 11.4 Å². The molecule has 0 N–H and O–H groups in total.